The molecule has 0 radical (unpaired) electrons. The highest BCUT2D eigenvalue weighted by molar-refractivity contribution is 7.20. The summed E-state index contributed by atoms with van der Waals surface area (Å²) in [5, 5.41) is 5.52. The van der Waals surface area contributed by atoms with Crippen LogP contribution in [0.3, 0.4) is 0 Å². The normalized spacial score (nSPS) is 11.3. The van der Waals surface area contributed by atoms with Crippen molar-refractivity contribution in [2.45, 2.75) is 13.1 Å². The van der Waals surface area contributed by atoms with Gasteiger partial charge in [-0.25, -0.2) is 18.9 Å². The lowest BCUT2D eigenvalue weighted by atomic mass is 10.2. The van der Waals surface area contributed by atoms with Crippen molar-refractivity contribution in [3.05, 3.63) is 90.4 Å². The van der Waals surface area contributed by atoms with Gasteiger partial charge in [0.15, 0.2) is 0 Å². The van der Waals surface area contributed by atoms with Crippen molar-refractivity contribution in [1.82, 2.24) is 24.1 Å². The van der Waals surface area contributed by atoms with E-state index in [4.69, 9.17) is 0 Å². The standard InChI is InChI=1S/C22H19FN6S/c1-27(15-20-24-11-12-28(20)13-16-5-3-2-4-6-16)22-26-29-14-19(25-21(29)30-22)17-7-9-18(23)10-8-17/h2-12,14H,13,15H2,1H3. The smallest absolute Gasteiger partial charge is 0.214 e. The summed E-state index contributed by atoms with van der Waals surface area (Å²) in [6.07, 6.45) is 5.70. The topological polar surface area (TPSA) is 51.2 Å². The van der Waals surface area contributed by atoms with Crippen LogP contribution in [0.4, 0.5) is 9.52 Å². The Bertz CT molecular complexity index is 1240. The van der Waals surface area contributed by atoms with Crippen LogP contribution in [-0.4, -0.2) is 31.2 Å². The number of hydrogen-bond acceptors (Lipinski definition) is 5. The molecule has 0 saturated carbocycles. The average molecular weight is 419 g/mol. The van der Waals surface area contributed by atoms with Crippen molar-refractivity contribution >= 4 is 21.4 Å². The molecule has 0 N–H and O–H groups in total. The first-order valence-electron chi connectivity index (χ1n) is 9.53. The van der Waals surface area contributed by atoms with Gasteiger partial charge in [0.1, 0.15) is 11.6 Å². The number of fused-ring (bicyclic) bond motifs is 1. The van der Waals surface area contributed by atoms with Gasteiger partial charge in [0.25, 0.3) is 0 Å². The molecule has 0 unspecified atom stereocenters. The zero-order valence-electron chi connectivity index (χ0n) is 16.3. The van der Waals surface area contributed by atoms with Gasteiger partial charge in [-0.15, -0.1) is 5.10 Å². The van der Waals surface area contributed by atoms with Gasteiger partial charge in [-0.1, -0.05) is 41.7 Å². The second-order valence-electron chi connectivity index (χ2n) is 7.06. The van der Waals surface area contributed by atoms with Gasteiger partial charge in [0.2, 0.25) is 10.1 Å². The number of benzene rings is 2. The molecule has 0 saturated heterocycles. The third-order valence-corrected chi connectivity index (χ3v) is 5.91. The van der Waals surface area contributed by atoms with Gasteiger partial charge in [-0.3, -0.25) is 0 Å². The maximum absolute atomic E-state index is 13.1. The minimum Gasteiger partial charge on any atom is -0.342 e. The Morgan fingerprint density at radius 1 is 1.07 bits per heavy atom. The van der Waals surface area contributed by atoms with Gasteiger partial charge >= 0.3 is 0 Å². The molecule has 5 rings (SSSR count). The highest BCUT2D eigenvalue weighted by Crippen LogP contribution is 2.27. The Morgan fingerprint density at radius 3 is 2.63 bits per heavy atom. The first-order chi connectivity index (χ1) is 14.7. The molecule has 6 nitrogen and oxygen atoms in total. The van der Waals surface area contributed by atoms with Crippen molar-refractivity contribution in [3.8, 4) is 11.3 Å². The van der Waals surface area contributed by atoms with Crippen molar-refractivity contribution in [1.29, 1.82) is 0 Å². The van der Waals surface area contributed by atoms with Gasteiger partial charge in [0.05, 0.1) is 18.4 Å². The number of halogens is 1. The van der Waals surface area contributed by atoms with Crippen molar-refractivity contribution < 1.29 is 4.39 Å². The quantitative estimate of drug-likeness (QED) is 0.408. The number of rotatable bonds is 6. The third kappa shape index (κ3) is 3.69. The van der Waals surface area contributed by atoms with E-state index >= 15 is 0 Å². The van der Waals surface area contributed by atoms with E-state index < -0.39 is 0 Å². The van der Waals surface area contributed by atoms with E-state index in [1.165, 1.54) is 29.0 Å². The first kappa shape index (κ1) is 18.5. The minimum atomic E-state index is -0.257. The number of aromatic nitrogens is 5. The molecular weight excluding hydrogens is 399 g/mol. The lowest BCUT2D eigenvalue weighted by Gasteiger charge is -2.16. The molecule has 5 aromatic rings. The summed E-state index contributed by atoms with van der Waals surface area (Å²) in [5.41, 5.74) is 2.88. The van der Waals surface area contributed by atoms with Crippen LogP contribution < -0.4 is 4.90 Å². The fourth-order valence-corrected chi connectivity index (χ4v) is 4.14. The van der Waals surface area contributed by atoms with Gasteiger partial charge in [0, 0.05) is 31.5 Å². The fraction of sp³-hybridized carbons (Fsp3) is 0.136. The highest BCUT2D eigenvalue weighted by atomic mass is 32.1. The summed E-state index contributed by atoms with van der Waals surface area (Å²) in [5.74, 6) is 0.716. The van der Waals surface area contributed by atoms with Crippen LogP contribution in [0.2, 0.25) is 0 Å². The molecule has 0 aliphatic carbocycles. The van der Waals surface area contributed by atoms with Crippen molar-refractivity contribution in [3.63, 3.8) is 0 Å². The Balaban J connectivity index is 1.33. The maximum Gasteiger partial charge on any atom is 0.214 e. The molecule has 0 aliphatic rings. The zero-order valence-corrected chi connectivity index (χ0v) is 17.1. The molecule has 0 amide bonds. The Labute approximate surface area is 176 Å². The van der Waals surface area contributed by atoms with E-state index in [0.29, 0.717) is 6.54 Å². The summed E-state index contributed by atoms with van der Waals surface area (Å²) in [4.78, 5) is 12.0. The van der Waals surface area contributed by atoms with Gasteiger partial charge in [-0.2, -0.15) is 0 Å². The van der Waals surface area contributed by atoms with Crippen LogP contribution in [0.25, 0.3) is 16.2 Å². The molecule has 0 aliphatic heterocycles. The van der Waals surface area contributed by atoms with Crippen LogP contribution in [0.5, 0.6) is 0 Å². The zero-order chi connectivity index (χ0) is 20.5. The summed E-state index contributed by atoms with van der Waals surface area (Å²) < 4.78 is 17.1. The van der Waals surface area contributed by atoms with Crippen molar-refractivity contribution in [2.75, 3.05) is 11.9 Å². The Hall–Kier alpha value is -3.52. The van der Waals surface area contributed by atoms with E-state index in [1.54, 1.807) is 16.6 Å². The van der Waals surface area contributed by atoms with Gasteiger partial charge < -0.3 is 9.47 Å². The monoisotopic (exact) mass is 418 g/mol. The van der Waals surface area contributed by atoms with E-state index in [0.717, 1.165) is 33.7 Å². The maximum atomic E-state index is 13.1. The van der Waals surface area contributed by atoms with E-state index in [2.05, 4.69) is 36.7 Å². The molecule has 30 heavy (non-hydrogen) atoms. The minimum absolute atomic E-state index is 0.257. The first-order valence-corrected chi connectivity index (χ1v) is 10.3. The molecule has 0 fully saturated rings. The van der Waals surface area contributed by atoms with E-state index in [9.17, 15) is 4.39 Å². The molecule has 3 aromatic heterocycles. The third-order valence-electron chi connectivity index (χ3n) is 4.88. The Morgan fingerprint density at radius 2 is 1.87 bits per heavy atom. The molecule has 0 atom stereocenters. The predicted molar refractivity (Wildman–Crippen MR) is 116 cm³/mol. The Kier molecular flexibility index (Phi) is 4.76. The molecular formula is C22H19FN6S. The second kappa shape index (κ2) is 7.72. The number of imidazole rings is 2. The lowest BCUT2D eigenvalue weighted by molar-refractivity contribution is 0.628. The van der Waals surface area contributed by atoms with Crippen LogP contribution in [0, 0.1) is 5.82 Å². The van der Waals surface area contributed by atoms with Gasteiger partial charge in [-0.05, 0) is 29.8 Å². The average Bonchev–Trinajstić information content (AvgIpc) is 3.45. The molecule has 0 spiro atoms. The molecule has 2 aromatic carbocycles. The fourth-order valence-electron chi connectivity index (χ4n) is 3.30. The van der Waals surface area contributed by atoms with Crippen molar-refractivity contribution in [2.24, 2.45) is 0 Å². The summed E-state index contributed by atoms with van der Waals surface area (Å²) in [7, 11) is 2.00. The predicted octanol–water partition coefficient (Wildman–Crippen LogP) is 4.48. The molecule has 8 heteroatoms. The van der Waals surface area contributed by atoms with Crippen LogP contribution in [0.1, 0.15) is 11.4 Å². The highest BCUT2D eigenvalue weighted by Gasteiger charge is 2.15. The largest absolute Gasteiger partial charge is 0.342 e. The second-order valence-corrected chi connectivity index (χ2v) is 7.99. The van der Waals surface area contributed by atoms with E-state index in [1.807, 2.05) is 43.8 Å². The number of hydrogen-bond donors (Lipinski definition) is 0. The SMILES string of the molecule is CN(Cc1nccn1Cc1ccccc1)c1nn2cc(-c3ccc(F)cc3)nc2s1. The number of nitrogens with zero attached hydrogens (tertiary/aromatic N) is 6. The van der Waals surface area contributed by atoms with Crippen LogP contribution in [-0.2, 0) is 13.1 Å². The van der Waals surface area contributed by atoms with Crippen LogP contribution >= 0.6 is 11.3 Å². The van der Waals surface area contributed by atoms with Crippen LogP contribution in [0.15, 0.2) is 73.2 Å². The van der Waals surface area contributed by atoms with E-state index in [-0.39, 0.29) is 5.82 Å². The molecule has 0 bridgehead atoms. The summed E-state index contributed by atoms with van der Waals surface area (Å²) in [6.45, 7) is 1.42. The molecule has 3 heterocycles. The molecule has 150 valence electrons. The number of anilines is 1. The summed E-state index contributed by atoms with van der Waals surface area (Å²) in [6, 6.07) is 16.7. The lowest BCUT2D eigenvalue weighted by Crippen LogP contribution is -2.20. The summed E-state index contributed by atoms with van der Waals surface area (Å²) >= 11 is 1.51.